The lowest BCUT2D eigenvalue weighted by molar-refractivity contribution is -0.121. The second-order valence-corrected chi connectivity index (χ2v) is 6.75. The monoisotopic (exact) mass is 293 g/mol. The van der Waals surface area contributed by atoms with Crippen LogP contribution in [-0.2, 0) is 24.2 Å². The Labute approximate surface area is 126 Å². The molecule has 0 aliphatic heterocycles. The van der Waals surface area contributed by atoms with Crippen LogP contribution in [0.15, 0.2) is 6.33 Å². The van der Waals surface area contributed by atoms with E-state index in [4.69, 9.17) is 0 Å². The first-order chi connectivity index (χ1) is 10.0. The molecule has 5 heteroatoms. The van der Waals surface area contributed by atoms with Gasteiger partial charge in [-0.15, -0.1) is 0 Å². The summed E-state index contributed by atoms with van der Waals surface area (Å²) in [5, 5.41) is 12.1. The van der Waals surface area contributed by atoms with Crippen LogP contribution >= 0.6 is 0 Å². The van der Waals surface area contributed by atoms with Crippen molar-refractivity contribution in [1.82, 2.24) is 14.9 Å². The third-order valence-electron chi connectivity index (χ3n) is 4.20. The Hall–Kier alpha value is -1.36. The molecular formula is C16H27N3O2. The van der Waals surface area contributed by atoms with E-state index in [-0.39, 0.29) is 17.9 Å². The van der Waals surface area contributed by atoms with E-state index < -0.39 is 0 Å². The molecule has 0 saturated carbocycles. The summed E-state index contributed by atoms with van der Waals surface area (Å²) >= 11 is 0. The number of hydrogen-bond donors (Lipinski definition) is 2. The molecule has 1 heterocycles. The molecule has 0 radical (unpaired) electrons. The molecule has 0 fully saturated rings. The van der Waals surface area contributed by atoms with E-state index in [1.54, 1.807) is 6.33 Å². The van der Waals surface area contributed by atoms with Gasteiger partial charge in [0.15, 0.2) is 0 Å². The predicted molar refractivity (Wildman–Crippen MR) is 82.0 cm³/mol. The molecule has 118 valence electrons. The standard InChI is InChI=1S/C16H27N3O2/c1-16(2,11-20)8-5-9-17-15(21)10-19-12-18-13-6-3-4-7-14(13)19/h12,20H,3-11H2,1-2H3,(H,17,21). The summed E-state index contributed by atoms with van der Waals surface area (Å²) in [6, 6.07) is 0. The topological polar surface area (TPSA) is 67.2 Å². The highest BCUT2D eigenvalue weighted by Crippen LogP contribution is 2.21. The van der Waals surface area contributed by atoms with Crippen molar-refractivity contribution in [2.45, 2.75) is 58.9 Å². The minimum absolute atomic E-state index is 0.0441. The summed E-state index contributed by atoms with van der Waals surface area (Å²) in [6.07, 6.45) is 8.07. The van der Waals surface area contributed by atoms with Crippen LogP contribution in [0, 0.1) is 5.41 Å². The molecule has 2 N–H and O–H groups in total. The highest BCUT2D eigenvalue weighted by atomic mass is 16.3. The molecule has 0 atom stereocenters. The van der Waals surface area contributed by atoms with Crippen LogP contribution in [0.5, 0.6) is 0 Å². The van der Waals surface area contributed by atoms with Crippen molar-refractivity contribution >= 4 is 5.91 Å². The van der Waals surface area contributed by atoms with Gasteiger partial charge in [0, 0.05) is 18.8 Å². The van der Waals surface area contributed by atoms with Gasteiger partial charge in [0.2, 0.25) is 5.91 Å². The zero-order valence-electron chi connectivity index (χ0n) is 13.2. The van der Waals surface area contributed by atoms with Gasteiger partial charge in [0.25, 0.3) is 0 Å². The van der Waals surface area contributed by atoms with Gasteiger partial charge < -0.3 is 15.0 Å². The van der Waals surface area contributed by atoms with Gasteiger partial charge in [-0.1, -0.05) is 13.8 Å². The summed E-state index contributed by atoms with van der Waals surface area (Å²) in [6.45, 7) is 5.28. The Morgan fingerprint density at radius 2 is 2.19 bits per heavy atom. The highest BCUT2D eigenvalue weighted by molar-refractivity contribution is 5.75. The molecule has 1 amide bonds. The minimum Gasteiger partial charge on any atom is -0.396 e. The van der Waals surface area contributed by atoms with Crippen LogP contribution in [0.3, 0.4) is 0 Å². The number of aryl methyl sites for hydroxylation is 1. The number of aromatic nitrogens is 2. The summed E-state index contributed by atoms with van der Waals surface area (Å²) in [7, 11) is 0. The fourth-order valence-electron chi connectivity index (χ4n) is 2.75. The largest absolute Gasteiger partial charge is 0.396 e. The first-order valence-electron chi connectivity index (χ1n) is 7.92. The average Bonchev–Trinajstić information content (AvgIpc) is 2.87. The van der Waals surface area contributed by atoms with Gasteiger partial charge in [-0.25, -0.2) is 4.98 Å². The molecule has 1 aliphatic carbocycles. The highest BCUT2D eigenvalue weighted by Gasteiger charge is 2.17. The van der Waals surface area contributed by atoms with Crippen molar-refractivity contribution in [3.8, 4) is 0 Å². The van der Waals surface area contributed by atoms with Crippen LogP contribution in [0.1, 0.15) is 50.9 Å². The van der Waals surface area contributed by atoms with E-state index >= 15 is 0 Å². The first-order valence-corrected chi connectivity index (χ1v) is 7.92. The molecule has 21 heavy (non-hydrogen) atoms. The summed E-state index contributed by atoms with van der Waals surface area (Å²) < 4.78 is 1.99. The number of carbonyl (C=O) groups excluding carboxylic acids is 1. The molecule has 0 spiro atoms. The zero-order chi connectivity index (χ0) is 15.3. The number of fused-ring (bicyclic) bond motifs is 1. The Kier molecular flexibility index (Phi) is 5.39. The quantitative estimate of drug-likeness (QED) is 0.752. The summed E-state index contributed by atoms with van der Waals surface area (Å²) in [4.78, 5) is 16.4. The molecule has 5 nitrogen and oxygen atoms in total. The lowest BCUT2D eigenvalue weighted by Gasteiger charge is -2.21. The van der Waals surface area contributed by atoms with E-state index in [9.17, 15) is 9.90 Å². The third kappa shape index (κ3) is 4.56. The molecule has 0 saturated heterocycles. The van der Waals surface area contributed by atoms with E-state index in [1.807, 2.05) is 18.4 Å². The van der Waals surface area contributed by atoms with Crippen molar-refractivity contribution in [2.24, 2.45) is 5.41 Å². The van der Waals surface area contributed by atoms with Crippen molar-refractivity contribution in [1.29, 1.82) is 0 Å². The van der Waals surface area contributed by atoms with E-state index in [1.165, 1.54) is 24.2 Å². The van der Waals surface area contributed by atoms with Gasteiger partial charge in [-0.2, -0.15) is 0 Å². The van der Waals surface area contributed by atoms with Gasteiger partial charge in [0.1, 0.15) is 6.54 Å². The van der Waals surface area contributed by atoms with Gasteiger partial charge in [0.05, 0.1) is 12.0 Å². The van der Waals surface area contributed by atoms with Crippen molar-refractivity contribution in [3.05, 3.63) is 17.7 Å². The smallest absolute Gasteiger partial charge is 0.239 e. The number of nitrogens with zero attached hydrogens (tertiary/aromatic N) is 2. The van der Waals surface area contributed by atoms with Crippen LogP contribution in [0.25, 0.3) is 0 Å². The third-order valence-corrected chi connectivity index (χ3v) is 4.20. The number of carbonyl (C=O) groups is 1. The molecular weight excluding hydrogens is 266 g/mol. The second kappa shape index (κ2) is 7.07. The molecule has 2 rings (SSSR count). The summed E-state index contributed by atoms with van der Waals surface area (Å²) in [5.41, 5.74) is 2.34. The number of nitrogens with one attached hydrogen (secondary N) is 1. The SMILES string of the molecule is CC(C)(CO)CCCNC(=O)Cn1cnc2c1CCCC2. The minimum atomic E-state index is -0.0614. The molecule has 1 aliphatic rings. The maximum absolute atomic E-state index is 12.0. The van der Waals surface area contributed by atoms with Crippen LogP contribution in [-0.4, -0.2) is 33.7 Å². The van der Waals surface area contributed by atoms with E-state index in [0.29, 0.717) is 13.1 Å². The van der Waals surface area contributed by atoms with Gasteiger partial charge >= 0.3 is 0 Å². The number of imidazole rings is 1. The first kappa shape index (κ1) is 16.0. The molecule has 0 unspecified atom stereocenters. The Morgan fingerprint density at radius 1 is 1.43 bits per heavy atom. The van der Waals surface area contributed by atoms with Crippen molar-refractivity contribution in [3.63, 3.8) is 0 Å². The Balaban J connectivity index is 1.74. The van der Waals surface area contributed by atoms with Crippen LogP contribution in [0.4, 0.5) is 0 Å². The van der Waals surface area contributed by atoms with E-state index in [0.717, 1.165) is 25.7 Å². The molecule has 0 aromatic carbocycles. The Bertz CT molecular complexity index is 480. The fourth-order valence-corrected chi connectivity index (χ4v) is 2.75. The number of rotatable bonds is 7. The van der Waals surface area contributed by atoms with Crippen LogP contribution in [0.2, 0.25) is 0 Å². The van der Waals surface area contributed by atoms with Crippen molar-refractivity contribution in [2.75, 3.05) is 13.2 Å². The molecule has 0 bridgehead atoms. The number of amides is 1. The average molecular weight is 293 g/mol. The Morgan fingerprint density at radius 3 is 2.95 bits per heavy atom. The fraction of sp³-hybridized carbons (Fsp3) is 0.750. The zero-order valence-corrected chi connectivity index (χ0v) is 13.2. The summed E-state index contributed by atoms with van der Waals surface area (Å²) in [5.74, 6) is 0.0441. The maximum Gasteiger partial charge on any atom is 0.239 e. The number of aliphatic hydroxyl groups excluding tert-OH is 1. The van der Waals surface area contributed by atoms with Gasteiger partial charge in [-0.3, -0.25) is 4.79 Å². The predicted octanol–water partition coefficient (Wildman–Crippen LogP) is 1.68. The number of aliphatic hydroxyl groups is 1. The normalized spacial score (nSPS) is 14.8. The maximum atomic E-state index is 12.0. The van der Waals surface area contributed by atoms with Crippen LogP contribution < -0.4 is 5.32 Å². The number of hydrogen-bond acceptors (Lipinski definition) is 3. The van der Waals surface area contributed by atoms with Gasteiger partial charge in [-0.05, 0) is 43.9 Å². The lowest BCUT2D eigenvalue weighted by Crippen LogP contribution is -2.30. The second-order valence-electron chi connectivity index (χ2n) is 6.75. The van der Waals surface area contributed by atoms with E-state index in [2.05, 4.69) is 10.3 Å². The lowest BCUT2D eigenvalue weighted by atomic mass is 9.89. The molecule has 1 aromatic rings. The molecule has 1 aromatic heterocycles. The van der Waals surface area contributed by atoms with Crippen molar-refractivity contribution < 1.29 is 9.90 Å².